The number of halogens is 1. The maximum Gasteiger partial charge on any atom is 0.326 e. The normalized spacial score (nSPS) is 18.2. The van der Waals surface area contributed by atoms with Crippen LogP contribution in [0.4, 0.5) is 22.1 Å². The van der Waals surface area contributed by atoms with E-state index in [1.165, 1.54) is 0 Å². The fourth-order valence-electron chi connectivity index (χ4n) is 4.59. The van der Waals surface area contributed by atoms with Crippen LogP contribution in [-0.2, 0) is 4.79 Å². The van der Waals surface area contributed by atoms with Gasteiger partial charge in [0, 0.05) is 48.0 Å². The molecule has 0 aliphatic carbocycles. The van der Waals surface area contributed by atoms with Crippen LogP contribution in [0.5, 0.6) is 0 Å². The molecular weight excluding hydrogens is 480 g/mol. The SMILES string of the molecule is CC(C)CN1CCC(Nc2cc(Nc3cccc(Cl)c3)nc3c(C=C4NC(=O)NC4=O)cnn23)CC1. The number of piperidine rings is 1. The molecule has 0 atom stereocenters. The van der Waals surface area contributed by atoms with Crippen LogP contribution < -0.4 is 21.3 Å². The molecular formula is C25H29ClN8O2. The minimum atomic E-state index is -0.551. The van der Waals surface area contributed by atoms with Crippen molar-refractivity contribution in [2.24, 2.45) is 5.92 Å². The van der Waals surface area contributed by atoms with Crippen molar-refractivity contribution in [1.29, 1.82) is 0 Å². The molecule has 0 unspecified atom stereocenters. The second kappa shape index (κ2) is 10.2. The van der Waals surface area contributed by atoms with Gasteiger partial charge in [-0.25, -0.2) is 9.78 Å². The molecule has 1 aromatic carbocycles. The summed E-state index contributed by atoms with van der Waals surface area (Å²) in [6, 6.07) is 9.07. The Morgan fingerprint density at radius 1 is 1.19 bits per heavy atom. The molecule has 10 nitrogen and oxygen atoms in total. The van der Waals surface area contributed by atoms with Gasteiger partial charge in [-0.1, -0.05) is 31.5 Å². The van der Waals surface area contributed by atoms with Gasteiger partial charge in [0.05, 0.1) is 6.20 Å². The Balaban J connectivity index is 1.46. The molecule has 4 N–H and O–H groups in total. The van der Waals surface area contributed by atoms with Crippen molar-refractivity contribution in [2.45, 2.75) is 32.7 Å². The standard InChI is InChI=1S/C25H29ClN8O2/c1-15(2)14-33-8-6-18(7-9-33)29-22-12-21(28-19-5-3-4-17(26)11-19)31-23-16(13-27-34(22)23)10-20-24(35)32-25(36)30-20/h3-5,10-13,15,18,29H,6-9,14H2,1-2H3,(H,28,31)(H2,30,32,35,36). The number of amides is 3. The first kappa shape index (κ1) is 24.1. The molecule has 0 saturated carbocycles. The third-order valence-electron chi connectivity index (χ3n) is 6.18. The number of aromatic nitrogens is 3. The Morgan fingerprint density at radius 3 is 2.69 bits per heavy atom. The fourth-order valence-corrected chi connectivity index (χ4v) is 4.78. The molecule has 3 aromatic rings. The van der Waals surface area contributed by atoms with Crippen molar-refractivity contribution in [3.05, 3.63) is 52.8 Å². The Bertz CT molecular complexity index is 1330. The van der Waals surface area contributed by atoms with Gasteiger partial charge in [-0.2, -0.15) is 9.61 Å². The number of carbonyl (C=O) groups excluding carboxylic acids is 2. The molecule has 2 fully saturated rings. The van der Waals surface area contributed by atoms with Crippen molar-refractivity contribution in [2.75, 3.05) is 30.3 Å². The van der Waals surface area contributed by atoms with Gasteiger partial charge in [0.25, 0.3) is 5.91 Å². The van der Waals surface area contributed by atoms with E-state index in [0.717, 1.165) is 44.0 Å². The molecule has 0 bridgehead atoms. The Morgan fingerprint density at radius 2 is 2.00 bits per heavy atom. The molecule has 188 valence electrons. The lowest BCUT2D eigenvalue weighted by Crippen LogP contribution is -2.40. The second-order valence-electron chi connectivity index (χ2n) is 9.58. The Hall–Kier alpha value is -3.63. The summed E-state index contributed by atoms with van der Waals surface area (Å²) < 4.78 is 1.73. The summed E-state index contributed by atoms with van der Waals surface area (Å²) in [5.74, 6) is 1.55. The van der Waals surface area contributed by atoms with E-state index >= 15 is 0 Å². The largest absolute Gasteiger partial charge is 0.367 e. The molecule has 4 heterocycles. The molecule has 0 spiro atoms. The van der Waals surface area contributed by atoms with Crippen LogP contribution in [0.1, 0.15) is 32.3 Å². The molecule has 2 aromatic heterocycles. The predicted octanol–water partition coefficient (Wildman–Crippen LogP) is 3.84. The maximum absolute atomic E-state index is 12.1. The number of likely N-dealkylation sites (tertiary alicyclic amines) is 1. The summed E-state index contributed by atoms with van der Waals surface area (Å²) in [4.78, 5) is 30.9. The van der Waals surface area contributed by atoms with Crippen LogP contribution in [0.3, 0.4) is 0 Å². The van der Waals surface area contributed by atoms with E-state index in [1.54, 1.807) is 16.8 Å². The van der Waals surface area contributed by atoms with E-state index in [0.29, 0.717) is 34.0 Å². The van der Waals surface area contributed by atoms with Gasteiger partial charge in [0.1, 0.15) is 17.3 Å². The van der Waals surface area contributed by atoms with Gasteiger partial charge in [0.2, 0.25) is 0 Å². The lowest BCUT2D eigenvalue weighted by atomic mass is 10.0. The molecule has 2 aliphatic heterocycles. The second-order valence-corrected chi connectivity index (χ2v) is 10.0. The van der Waals surface area contributed by atoms with Crippen LogP contribution in [0.2, 0.25) is 5.02 Å². The summed E-state index contributed by atoms with van der Waals surface area (Å²) in [6.45, 7) is 7.70. The third kappa shape index (κ3) is 5.44. The summed E-state index contributed by atoms with van der Waals surface area (Å²) in [5, 5.41) is 16.8. The Kier molecular flexibility index (Phi) is 6.80. The first-order valence-corrected chi connectivity index (χ1v) is 12.5. The minimum Gasteiger partial charge on any atom is -0.367 e. The molecule has 36 heavy (non-hydrogen) atoms. The predicted molar refractivity (Wildman–Crippen MR) is 140 cm³/mol. The number of hydrogen-bond acceptors (Lipinski definition) is 7. The van der Waals surface area contributed by atoms with Crippen LogP contribution in [0.25, 0.3) is 11.7 Å². The van der Waals surface area contributed by atoms with Crippen LogP contribution in [0.15, 0.2) is 42.2 Å². The van der Waals surface area contributed by atoms with Crippen molar-refractivity contribution < 1.29 is 9.59 Å². The van der Waals surface area contributed by atoms with Crippen molar-refractivity contribution in [1.82, 2.24) is 30.1 Å². The Labute approximate surface area is 214 Å². The fraction of sp³-hybridized carbons (Fsp3) is 0.360. The lowest BCUT2D eigenvalue weighted by Gasteiger charge is -2.33. The van der Waals surface area contributed by atoms with Crippen LogP contribution in [0, 0.1) is 5.92 Å². The first-order chi connectivity index (χ1) is 17.3. The number of nitrogens with zero attached hydrogens (tertiary/aromatic N) is 4. The average Bonchev–Trinajstić information content (AvgIpc) is 3.37. The highest BCUT2D eigenvalue weighted by Gasteiger charge is 2.25. The van der Waals surface area contributed by atoms with E-state index in [1.807, 2.05) is 30.3 Å². The number of fused-ring (bicyclic) bond motifs is 1. The molecule has 5 rings (SSSR count). The summed E-state index contributed by atoms with van der Waals surface area (Å²) in [6.07, 6.45) is 5.26. The van der Waals surface area contributed by atoms with E-state index in [4.69, 9.17) is 16.6 Å². The van der Waals surface area contributed by atoms with E-state index < -0.39 is 11.9 Å². The number of benzene rings is 1. The number of urea groups is 1. The lowest BCUT2D eigenvalue weighted by molar-refractivity contribution is -0.115. The summed E-state index contributed by atoms with van der Waals surface area (Å²) >= 11 is 6.17. The third-order valence-corrected chi connectivity index (χ3v) is 6.41. The number of carbonyl (C=O) groups is 2. The van der Waals surface area contributed by atoms with E-state index in [2.05, 4.69) is 45.1 Å². The number of anilines is 3. The zero-order chi connectivity index (χ0) is 25.2. The quantitative estimate of drug-likeness (QED) is 0.283. The molecule has 2 aliphatic rings. The number of nitrogens with one attached hydrogen (secondary N) is 4. The topological polar surface area (TPSA) is 116 Å². The van der Waals surface area contributed by atoms with Crippen molar-refractivity contribution in [3.8, 4) is 0 Å². The van der Waals surface area contributed by atoms with Crippen molar-refractivity contribution in [3.63, 3.8) is 0 Å². The van der Waals surface area contributed by atoms with Gasteiger partial charge < -0.3 is 20.9 Å². The summed E-state index contributed by atoms with van der Waals surface area (Å²) in [7, 11) is 0. The minimum absolute atomic E-state index is 0.150. The maximum atomic E-state index is 12.1. The smallest absolute Gasteiger partial charge is 0.326 e. The van der Waals surface area contributed by atoms with Gasteiger partial charge in [-0.05, 0) is 43.0 Å². The molecule has 3 amide bonds. The van der Waals surface area contributed by atoms with Gasteiger partial charge in [-0.15, -0.1) is 0 Å². The molecule has 2 saturated heterocycles. The van der Waals surface area contributed by atoms with E-state index in [9.17, 15) is 9.59 Å². The first-order valence-electron chi connectivity index (χ1n) is 12.1. The zero-order valence-electron chi connectivity index (χ0n) is 20.2. The summed E-state index contributed by atoms with van der Waals surface area (Å²) in [5.41, 5.74) is 2.10. The highest BCUT2D eigenvalue weighted by atomic mass is 35.5. The number of hydrogen-bond donors (Lipinski definition) is 4. The van der Waals surface area contributed by atoms with Crippen LogP contribution >= 0.6 is 11.6 Å². The van der Waals surface area contributed by atoms with Crippen LogP contribution in [-0.4, -0.2) is 57.1 Å². The zero-order valence-corrected chi connectivity index (χ0v) is 21.0. The monoisotopic (exact) mass is 508 g/mol. The highest BCUT2D eigenvalue weighted by Crippen LogP contribution is 2.26. The van der Waals surface area contributed by atoms with Gasteiger partial charge >= 0.3 is 6.03 Å². The van der Waals surface area contributed by atoms with Gasteiger partial charge in [0.15, 0.2) is 5.65 Å². The number of imide groups is 1. The van der Waals surface area contributed by atoms with Crippen molar-refractivity contribution >= 4 is 52.6 Å². The van der Waals surface area contributed by atoms with Gasteiger partial charge in [-0.3, -0.25) is 10.1 Å². The molecule has 11 heteroatoms. The highest BCUT2D eigenvalue weighted by molar-refractivity contribution is 6.30. The van der Waals surface area contributed by atoms with E-state index in [-0.39, 0.29) is 5.70 Å². The number of rotatable bonds is 7. The molecule has 0 radical (unpaired) electrons. The average molecular weight is 509 g/mol.